The van der Waals surface area contributed by atoms with Crippen molar-refractivity contribution in [1.82, 2.24) is 26.8 Å². The third-order valence-corrected chi connectivity index (χ3v) is 3.95. The van der Waals surface area contributed by atoms with Crippen LogP contribution >= 0.6 is 0 Å². The molecule has 11 nitrogen and oxygen atoms in total. The van der Waals surface area contributed by atoms with Gasteiger partial charge in [-0.3, -0.25) is 20.4 Å². The fourth-order valence-corrected chi connectivity index (χ4v) is 2.45. The number of hydrazone groups is 2. The summed E-state index contributed by atoms with van der Waals surface area (Å²) in [4.78, 5) is 35.7. The largest absolute Gasteiger partial charge is 0.444 e. The molecular weight excluding hydrogens is 414 g/mol. The van der Waals surface area contributed by atoms with E-state index in [2.05, 4.69) is 37.0 Å². The van der Waals surface area contributed by atoms with Crippen molar-refractivity contribution in [3.8, 4) is 0 Å². The lowest BCUT2D eigenvalue weighted by Crippen LogP contribution is -2.47. The molecule has 1 radical (unpaired) electrons. The molecule has 173 valence electrons. The molecule has 0 aliphatic carbocycles. The number of hydrogen-bond acceptors (Lipinski definition) is 8. The van der Waals surface area contributed by atoms with Gasteiger partial charge in [0.2, 0.25) is 11.7 Å². The quantitative estimate of drug-likeness (QED) is 0.342. The second-order valence-electron chi connectivity index (χ2n) is 7.91. The van der Waals surface area contributed by atoms with Crippen LogP contribution in [-0.4, -0.2) is 41.7 Å². The minimum Gasteiger partial charge on any atom is -0.444 e. The van der Waals surface area contributed by atoms with Gasteiger partial charge in [-0.2, -0.15) is 0 Å². The first-order valence-electron chi connectivity index (χ1n) is 10.3. The SMILES string of the molecule is CC(C)(C)OC(=O)N[CH]CCCCNC(=O)C1=NNC(C(=O)NCc2ccccc2)=NN1. The van der Waals surface area contributed by atoms with Crippen LogP contribution in [0.3, 0.4) is 0 Å². The lowest BCUT2D eigenvalue weighted by molar-refractivity contribution is -0.116. The van der Waals surface area contributed by atoms with E-state index in [1.165, 1.54) is 0 Å². The summed E-state index contributed by atoms with van der Waals surface area (Å²) in [6.07, 6.45) is 1.61. The molecule has 32 heavy (non-hydrogen) atoms. The van der Waals surface area contributed by atoms with Crippen LogP contribution in [-0.2, 0) is 20.9 Å². The van der Waals surface area contributed by atoms with Crippen molar-refractivity contribution < 1.29 is 19.1 Å². The highest BCUT2D eigenvalue weighted by atomic mass is 16.6. The van der Waals surface area contributed by atoms with E-state index in [9.17, 15) is 14.4 Å². The zero-order valence-electron chi connectivity index (χ0n) is 18.5. The number of nitrogens with one attached hydrogen (secondary N) is 5. The zero-order chi connectivity index (χ0) is 23.4. The van der Waals surface area contributed by atoms with Gasteiger partial charge in [-0.25, -0.2) is 4.79 Å². The average molecular weight is 445 g/mol. The molecular formula is C21H30N7O4. The summed E-state index contributed by atoms with van der Waals surface area (Å²) in [6, 6.07) is 9.45. The molecule has 5 N–H and O–H groups in total. The van der Waals surface area contributed by atoms with Crippen molar-refractivity contribution in [3.63, 3.8) is 0 Å². The summed E-state index contributed by atoms with van der Waals surface area (Å²) < 4.78 is 5.12. The highest BCUT2D eigenvalue weighted by molar-refractivity contribution is 6.42. The van der Waals surface area contributed by atoms with Gasteiger partial charge in [0, 0.05) is 13.1 Å². The number of benzene rings is 1. The summed E-state index contributed by atoms with van der Waals surface area (Å²) in [7, 11) is 0. The van der Waals surface area contributed by atoms with Gasteiger partial charge in [-0.15, -0.1) is 10.2 Å². The number of amidine groups is 2. The number of hydrogen-bond donors (Lipinski definition) is 5. The van der Waals surface area contributed by atoms with Crippen molar-refractivity contribution in [3.05, 3.63) is 42.4 Å². The van der Waals surface area contributed by atoms with E-state index >= 15 is 0 Å². The molecule has 0 unspecified atom stereocenters. The highest BCUT2D eigenvalue weighted by Gasteiger charge is 2.19. The third-order valence-electron chi connectivity index (χ3n) is 3.95. The second kappa shape index (κ2) is 12.3. The fourth-order valence-electron chi connectivity index (χ4n) is 2.45. The van der Waals surface area contributed by atoms with Crippen LogP contribution in [0.15, 0.2) is 40.5 Å². The van der Waals surface area contributed by atoms with Crippen molar-refractivity contribution in [2.45, 2.75) is 52.2 Å². The first kappa shape index (κ1) is 24.6. The maximum atomic E-state index is 12.1. The Balaban J connectivity index is 1.56. The molecule has 0 atom stereocenters. The number of carbonyl (C=O) groups is 3. The molecule has 0 aromatic heterocycles. The van der Waals surface area contributed by atoms with Crippen LogP contribution in [0.2, 0.25) is 0 Å². The van der Waals surface area contributed by atoms with Gasteiger partial charge in [0.25, 0.3) is 11.8 Å². The van der Waals surface area contributed by atoms with Gasteiger partial charge in [-0.05, 0) is 45.6 Å². The van der Waals surface area contributed by atoms with Crippen LogP contribution in [0.5, 0.6) is 0 Å². The zero-order valence-corrected chi connectivity index (χ0v) is 18.5. The molecule has 1 aromatic carbocycles. The van der Waals surface area contributed by atoms with Gasteiger partial charge in [0.1, 0.15) is 5.60 Å². The normalized spacial score (nSPS) is 13.0. The molecule has 1 heterocycles. The van der Waals surface area contributed by atoms with Gasteiger partial charge >= 0.3 is 6.09 Å². The fraction of sp³-hybridized carbons (Fsp3) is 0.429. The molecule has 0 saturated carbocycles. The van der Waals surface area contributed by atoms with E-state index in [0.717, 1.165) is 12.0 Å². The number of carbonyl (C=O) groups excluding carboxylic acids is 3. The smallest absolute Gasteiger partial charge is 0.407 e. The van der Waals surface area contributed by atoms with Gasteiger partial charge in [0.15, 0.2) is 0 Å². The summed E-state index contributed by atoms with van der Waals surface area (Å²) in [6.45, 7) is 7.79. The molecule has 11 heteroatoms. The summed E-state index contributed by atoms with van der Waals surface area (Å²) in [5, 5.41) is 15.7. The van der Waals surface area contributed by atoms with Crippen molar-refractivity contribution in [1.29, 1.82) is 0 Å². The molecule has 0 spiro atoms. The lowest BCUT2D eigenvalue weighted by Gasteiger charge is -2.19. The maximum absolute atomic E-state index is 12.1. The highest BCUT2D eigenvalue weighted by Crippen LogP contribution is 2.07. The minimum atomic E-state index is -0.538. The Morgan fingerprint density at radius 1 is 0.969 bits per heavy atom. The number of ether oxygens (including phenoxy) is 1. The summed E-state index contributed by atoms with van der Waals surface area (Å²) >= 11 is 0. The standard InChI is InChI=1S/C21H30N7O4/c1-21(2,3)32-20(31)23-13-9-5-8-12-22-18(29)16-25-27-17(28-26-16)19(30)24-14-15-10-6-4-7-11-15/h4,6-7,10-11,13H,5,8-9,12,14H2,1-3H3,(H,22,29)(H,23,31)(H,24,30)(H,25,26)(H,27,28). The molecule has 1 aliphatic heterocycles. The molecule has 0 saturated heterocycles. The van der Waals surface area contributed by atoms with E-state index < -0.39 is 23.5 Å². The van der Waals surface area contributed by atoms with Crippen molar-refractivity contribution in [2.75, 3.05) is 6.54 Å². The number of nitrogens with zero attached hydrogens (tertiary/aromatic N) is 2. The van der Waals surface area contributed by atoms with Gasteiger partial charge in [0.05, 0.1) is 6.54 Å². The van der Waals surface area contributed by atoms with Crippen LogP contribution in [0.4, 0.5) is 4.79 Å². The number of amides is 3. The predicted molar refractivity (Wildman–Crippen MR) is 120 cm³/mol. The summed E-state index contributed by atoms with van der Waals surface area (Å²) in [5.74, 6) is -0.963. The van der Waals surface area contributed by atoms with Crippen molar-refractivity contribution in [2.24, 2.45) is 10.2 Å². The lowest BCUT2D eigenvalue weighted by atomic mass is 10.2. The van der Waals surface area contributed by atoms with Crippen molar-refractivity contribution >= 4 is 29.6 Å². The molecule has 1 aromatic rings. The predicted octanol–water partition coefficient (Wildman–Crippen LogP) is 1.10. The van der Waals surface area contributed by atoms with E-state index in [1.54, 1.807) is 27.3 Å². The van der Waals surface area contributed by atoms with Gasteiger partial charge in [-0.1, -0.05) is 30.3 Å². The Bertz CT molecular complexity index is 847. The Morgan fingerprint density at radius 2 is 1.59 bits per heavy atom. The molecule has 0 fully saturated rings. The Labute approximate surface area is 187 Å². The first-order chi connectivity index (χ1) is 15.2. The molecule has 1 aliphatic rings. The van der Waals surface area contributed by atoms with Gasteiger partial charge < -0.3 is 20.7 Å². The number of rotatable bonds is 10. The molecule has 2 rings (SSSR count). The monoisotopic (exact) mass is 444 g/mol. The van der Waals surface area contributed by atoms with Crippen LogP contribution in [0.25, 0.3) is 0 Å². The van der Waals surface area contributed by atoms with E-state index in [-0.39, 0.29) is 11.7 Å². The Kier molecular flexibility index (Phi) is 9.45. The Morgan fingerprint density at radius 3 is 2.19 bits per heavy atom. The van der Waals surface area contributed by atoms with Crippen LogP contribution in [0.1, 0.15) is 45.6 Å². The third kappa shape index (κ3) is 9.45. The Hall–Kier alpha value is -3.63. The molecule has 0 bridgehead atoms. The van der Waals surface area contributed by atoms with E-state index in [0.29, 0.717) is 25.9 Å². The first-order valence-corrected chi connectivity index (χ1v) is 10.3. The topological polar surface area (TPSA) is 145 Å². The summed E-state index contributed by atoms with van der Waals surface area (Å²) in [5.41, 5.74) is 5.36. The van der Waals surface area contributed by atoms with E-state index in [1.807, 2.05) is 30.3 Å². The number of alkyl carbamates (subject to hydrolysis) is 1. The second-order valence-corrected chi connectivity index (χ2v) is 7.91. The minimum absolute atomic E-state index is 0.0366. The van der Waals surface area contributed by atoms with Crippen LogP contribution < -0.4 is 26.8 Å². The van der Waals surface area contributed by atoms with Crippen LogP contribution in [0, 0.1) is 6.54 Å². The average Bonchev–Trinajstić information content (AvgIpc) is 2.76. The maximum Gasteiger partial charge on any atom is 0.407 e. The molecule has 3 amide bonds. The number of unbranched alkanes of at least 4 members (excludes halogenated alkanes) is 2. The van der Waals surface area contributed by atoms with E-state index in [4.69, 9.17) is 4.74 Å².